The Kier molecular flexibility index (Phi) is 4.31. The van der Waals surface area contributed by atoms with E-state index in [1.165, 1.54) is 5.39 Å². The van der Waals surface area contributed by atoms with Crippen molar-refractivity contribution in [3.63, 3.8) is 0 Å². The highest BCUT2D eigenvalue weighted by Gasteiger charge is 2.10. The van der Waals surface area contributed by atoms with Gasteiger partial charge in [-0.2, -0.15) is 0 Å². The number of hydrogen-bond acceptors (Lipinski definition) is 3. The van der Waals surface area contributed by atoms with Crippen molar-refractivity contribution >= 4 is 26.7 Å². The van der Waals surface area contributed by atoms with Gasteiger partial charge in [-0.25, -0.2) is 4.68 Å². The number of nitrogens with one attached hydrogen (secondary N) is 1. The minimum Gasteiger partial charge on any atom is -0.311 e. The molecule has 0 saturated heterocycles. The summed E-state index contributed by atoms with van der Waals surface area (Å²) in [5.74, 6) is 0. The molecule has 5 heteroatoms. The summed E-state index contributed by atoms with van der Waals surface area (Å²) in [7, 11) is 0. The van der Waals surface area contributed by atoms with Crippen LogP contribution in [0.2, 0.25) is 0 Å². The van der Waals surface area contributed by atoms with Crippen LogP contribution in [0.4, 0.5) is 0 Å². The van der Waals surface area contributed by atoms with E-state index in [1.54, 1.807) is 0 Å². The van der Waals surface area contributed by atoms with Crippen LogP contribution in [0.5, 0.6) is 0 Å². The molecule has 0 spiro atoms. The number of benzene rings is 2. The quantitative estimate of drug-likeness (QED) is 0.718. The maximum atomic E-state index is 4.26. The van der Waals surface area contributed by atoms with Gasteiger partial charge in [0.2, 0.25) is 0 Å². The fraction of sp³-hybridized carbons (Fsp3) is 0.250. The summed E-state index contributed by atoms with van der Waals surface area (Å²) in [6.45, 7) is 3.92. The number of halogens is 1. The fourth-order valence-electron chi connectivity index (χ4n) is 2.40. The van der Waals surface area contributed by atoms with E-state index in [9.17, 15) is 0 Å². The van der Waals surface area contributed by atoms with Gasteiger partial charge in [-0.15, -0.1) is 5.10 Å². The molecule has 108 valence electrons. The van der Waals surface area contributed by atoms with E-state index >= 15 is 0 Å². The summed E-state index contributed by atoms with van der Waals surface area (Å²) in [5, 5.41) is 14.1. The molecule has 0 radical (unpaired) electrons. The summed E-state index contributed by atoms with van der Waals surface area (Å²) in [6.07, 6.45) is 2.93. The Balaban J connectivity index is 2.05. The maximum absolute atomic E-state index is 4.26. The Hall–Kier alpha value is -1.72. The monoisotopic (exact) mass is 344 g/mol. The van der Waals surface area contributed by atoms with Gasteiger partial charge in [-0.05, 0) is 30.5 Å². The lowest BCUT2D eigenvalue weighted by atomic mass is 10.1. The third-order valence-corrected chi connectivity index (χ3v) is 4.12. The number of fused-ring (bicyclic) bond motifs is 1. The smallest absolute Gasteiger partial charge is 0.0783 e. The molecule has 0 aliphatic heterocycles. The number of aromatic nitrogens is 3. The van der Waals surface area contributed by atoms with Crippen LogP contribution in [0.15, 0.2) is 47.1 Å². The first kappa shape index (κ1) is 14.2. The molecule has 0 unspecified atom stereocenters. The average molecular weight is 345 g/mol. The summed E-state index contributed by atoms with van der Waals surface area (Å²) in [4.78, 5) is 0. The number of rotatable bonds is 5. The van der Waals surface area contributed by atoms with Crippen molar-refractivity contribution in [3.8, 4) is 5.69 Å². The number of nitrogens with zero attached hydrogens (tertiary/aromatic N) is 3. The number of hydrogen-bond donors (Lipinski definition) is 1. The zero-order valence-electron chi connectivity index (χ0n) is 11.9. The highest BCUT2D eigenvalue weighted by Crippen LogP contribution is 2.29. The normalized spacial score (nSPS) is 11.1. The van der Waals surface area contributed by atoms with Gasteiger partial charge in [0.15, 0.2) is 0 Å². The van der Waals surface area contributed by atoms with Crippen molar-refractivity contribution in [3.05, 3.63) is 52.8 Å². The molecule has 0 bridgehead atoms. The molecule has 0 fully saturated rings. The molecule has 1 aromatic heterocycles. The molecule has 4 nitrogen and oxygen atoms in total. The van der Waals surface area contributed by atoms with Crippen LogP contribution >= 0.6 is 15.9 Å². The minimum absolute atomic E-state index is 0.769. The fourth-order valence-corrected chi connectivity index (χ4v) is 2.88. The van der Waals surface area contributed by atoms with Crippen molar-refractivity contribution in [1.29, 1.82) is 0 Å². The first-order valence-electron chi connectivity index (χ1n) is 7.09. The predicted molar refractivity (Wildman–Crippen MR) is 88.6 cm³/mol. The van der Waals surface area contributed by atoms with Gasteiger partial charge in [0.25, 0.3) is 0 Å². The van der Waals surface area contributed by atoms with Crippen LogP contribution in [0, 0.1) is 0 Å². The van der Waals surface area contributed by atoms with E-state index in [0.29, 0.717) is 0 Å². The minimum atomic E-state index is 0.769. The van der Waals surface area contributed by atoms with Gasteiger partial charge in [-0.3, -0.25) is 0 Å². The predicted octanol–water partition coefficient (Wildman–Crippen LogP) is 3.68. The Morgan fingerprint density at radius 1 is 1.14 bits per heavy atom. The van der Waals surface area contributed by atoms with Gasteiger partial charge >= 0.3 is 0 Å². The lowest BCUT2D eigenvalue weighted by Gasteiger charge is -2.11. The Labute approximate surface area is 132 Å². The Morgan fingerprint density at radius 2 is 1.95 bits per heavy atom. The van der Waals surface area contributed by atoms with Crippen LogP contribution in [0.1, 0.15) is 19.0 Å². The lowest BCUT2D eigenvalue weighted by Crippen LogP contribution is -2.16. The van der Waals surface area contributed by atoms with Gasteiger partial charge in [0.05, 0.1) is 17.6 Å². The standard InChI is InChI=1S/C16H17BrN4/c1-2-9-18-10-12-11-19-20-21(12)16-8-7-15(17)13-5-3-4-6-14(13)16/h3-8,11,18H,2,9-10H2,1H3. The third kappa shape index (κ3) is 2.84. The third-order valence-electron chi connectivity index (χ3n) is 3.43. The topological polar surface area (TPSA) is 42.7 Å². The highest BCUT2D eigenvalue weighted by atomic mass is 79.9. The molecule has 0 saturated carbocycles. The second kappa shape index (κ2) is 6.37. The SMILES string of the molecule is CCCNCc1cnnn1-c1ccc(Br)c2ccccc12. The van der Waals surface area contributed by atoms with Gasteiger partial charge < -0.3 is 5.32 Å². The molecule has 0 aliphatic rings. The second-order valence-corrected chi connectivity index (χ2v) is 5.78. The van der Waals surface area contributed by atoms with Crippen LogP contribution in [0.25, 0.3) is 16.5 Å². The van der Waals surface area contributed by atoms with Crippen LogP contribution in [0.3, 0.4) is 0 Å². The van der Waals surface area contributed by atoms with Crippen molar-refractivity contribution in [2.45, 2.75) is 19.9 Å². The molecular formula is C16H17BrN4. The highest BCUT2D eigenvalue weighted by molar-refractivity contribution is 9.10. The van der Waals surface area contributed by atoms with Crippen LogP contribution < -0.4 is 5.32 Å². The van der Waals surface area contributed by atoms with E-state index in [0.717, 1.165) is 40.8 Å². The molecule has 1 N–H and O–H groups in total. The van der Waals surface area contributed by atoms with Gasteiger partial charge in [0.1, 0.15) is 0 Å². The summed E-state index contributed by atoms with van der Waals surface area (Å²) in [5.41, 5.74) is 2.12. The van der Waals surface area contributed by atoms with Crippen molar-refractivity contribution in [1.82, 2.24) is 20.3 Å². The van der Waals surface area contributed by atoms with E-state index in [2.05, 4.69) is 62.7 Å². The molecule has 3 rings (SSSR count). The summed E-state index contributed by atoms with van der Waals surface area (Å²) < 4.78 is 3.00. The summed E-state index contributed by atoms with van der Waals surface area (Å²) in [6, 6.07) is 12.4. The van der Waals surface area contributed by atoms with Crippen molar-refractivity contribution < 1.29 is 0 Å². The first-order valence-corrected chi connectivity index (χ1v) is 7.88. The first-order chi connectivity index (χ1) is 10.3. The molecular weight excluding hydrogens is 328 g/mol. The molecule has 1 heterocycles. The lowest BCUT2D eigenvalue weighted by molar-refractivity contribution is 0.642. The molecule has 0 atom stereocenters. The van der Waals surface area contributed by atoms with Crippen molar-refractivity contribution in [2.24, 2.45) is 0 Å². The summed E-state index contributed by atoms with van der Waals surface area (Å²) >= 11 is 3.61. The second-order valence-electron chi connectivity index (χ2n) is 4.93. The average Bonchev–Trinajstić information content (AvgIpc) is 2.97. The van der Waals surface area contributed by atoms with E-state index in [1.807, 2.05) is 23.0 Å². The molecule has 3 aromatic rings. The van der Waals surface area contributed by atoms with Crippen molar-refractivity contribution in [2.75, 3.05) is 6.54 Å². The molecule has 21 heavy (non-hydrogen) atoms. The van der Waals surface area contributed by atoms with Gasteiger partial charge in [0, 0.05) is 16.4 Å². The van der Waals surface area contributed by atoms with Gasteiger partial charge in [-0.1, -0.05) is 52.3 Å². The molecule has 2 aromatic carbocycles. The van der Waals surface area contributed by atoms with E-state index in [-0.39, 0.29) is 0 Å². The zero-order chi connectivity index (χ0) is 14.7. The zero-order valence-corrected chi connectivity index (χ0v) is 13.5. The molecule has 0 aliphatic carbocycles. The Morgan fingerprint density at radius 3 is 2.76 bits per heavy atom. The van der Waals surface area contributed by atoms with Crippen LogP contribution in [-0.4, -0.2) is 21.5 Å². The largest absolute Gasteiger partial charge is 0.311 e. The van der Waals surface area contributed by atoms with Crippen LogP contribution in [-0.2, 0) is 6.54 Å². The van der Waals surface area contributed by atoms with E-state index < -0.39 is 0 Å². The van der Waals surface area contributed by atoms with E-state index in [4.69, 9.17) is 0 Å². The Bertz CT molecular complexity index is 751. The maximum Gasteiger partial charge on any atom is 0.0783 e. The molecule has 0 amide bonds.